The van der Waals surface area contributed by atoms with E-state index >= 15 is 0 Å². The van der Waals surface area contributed by atoms with Gasteiger partial charge in [0.1, 0.15) is 5.84 Å². The molecule has 3 rings (SSSR count). The predicted octanol–water partition coefficient (Wildman–Crippen LogP) is 0.204. The van der Waals surface area contributed by atoms with Gasteiger partial charge in [-0.1, -0.05) is 18.2 Å². The fourth-order valence-corrected chi connectivity index (χ4v) is 4.08. The molecule has 34 heavy (non-hydrogen) atoms. The molecule has 1 saturated heterocycles. The lowest BCUT2D eigenvalue weighted by Gasteiger charge is -2.45. The summed E-state index contributed by atoms with van der Waals surface area (Å²) in [5.74, 6) is -3.15. The van der Waals surface area contributed by atoms with E-state index in [0.717, 1.165) is 0 Å². The molecule has 178 valence electrons. The number of amides is 3. The molecule has 1 aromatic heterocycles. The van der Waals surface area contributed by atoms with E-state index in [1.165, 1.54) is 17.3 Å². The maximum atomic E-state index is 12.7. The number of amidine groups is 1. The number of carbonyl (C=O) groups is 4. The third kappa shape index (κ3) is 5.37. The number of carbonyl (C=O) groups excluding carboxylic acids is 3. The van der Waals surface area contributed by atoms with Gasteiger partial charge in [-0.15, -0.1) is 0 Å². The number of aromatic nitrogens is 1. The first-order valence-corrected chi connectivity index (χ1v) is 10.7. The summed E-state index contributed by atoms with van der Waals surface area (Å²) < 4.78 is 0. The van der Waals surface area contributed by atoms with E-state index in [1.54, 1.807) is 36.4 Å². The molecule has 11 heteroatoms. The van der Waals surface area contributed by atoms with E-state index in [9.17, 15) is 24.3 Å². The molecule has 1 aromatic carbocycles. The van der Waals surface area contributed by atoms with Crippen molar-refractivity contribution in [1.82, 2.24) is 20.5 Å². The van der Waals surface area contributed by atoms with Crippen molar-refractivity contribution in [3.8, 4) is 0 Å². The van der Waals surface area contributed by atoms with Crippen molar-refractivity contribution in [3.05, 3.63) is 65.5 Å². The van der Waals surface area contributed by atoms with Crippen molar-refractivity contribution in [2.45, 2.75) is 24.8 Å². The molecule has 2 aromatic rings. The van der Waals surface area contributed by atoms with E-state index in [0.29, 0.717) is 23.1 Å². The minimum atomic E-state index is -1.30. The number of benzene rings is 1. The summed E-state index contributed by atoms with van der Waals surface area (Å²) in [5, 5.41) is 22.4. The average molecular weight is 466 g/mol. The number of nitrogens with zero attached hydrogens (tertiary/aromatic N) is 2. The van der Waals surface area contributed by atoms with Gasteiger partial charge < -0.3 is 26.4 Å². The van der Waals surface area contributed by atoms with E-state index in [-0.39, 0.29) is 37.8 Å². The summed E-state index contributed by atoms with van der Waals surface area (Å²) >= 11 is 0. The van der Waals surface area contributed by atoms with Crippen LogP contribution >= 0.6 is 0 Å². The number of carboxylic acid groups (broad SMARTS) is 1. The van der Waals surface area contributed by atoms with Crippen LogP contribution in [0.1, 0.15) is 40.7 Å². The van der Waals surface area contributed by atoms with Gasteiger partial charge in [0.25, 0.3) is 5.91 Å². The Kier molecular flexibility index (Phi) is 7.57. The lowest BCUT2D eigenvalue weighted by Crippen LogP contribution is -2.60. The molecule has 0 radical (unpaired) electrons. The fraction of sp³-hybridized carbons (Fsp3) is 0.304. The minimum absolute atomic E-state index is 0.0990. The zero-order valence-corrected chi connectivity index (χ0v) is 18.4. The maximum absolute atomic E-state index is 12.7. The number of nitrogen functional groups attached to an aromatic ring is 1. The van der Waals surface area contributed by atoms with E-state index < -0.39 is 29.7 Å². The minimum Gasteiger partial charge on any atom is -0.481 e. The normalized spacial score (nSPS) is 15.2. The zero-order valence-electron chi connectivity index (χ0n) is 18.4. The molecule has 0 saturated carbocycles. The van der Waals surface area contributed by atoms with Gasteiger partial charge in [-0.25, -0.2) is 0 Å². The fourth-order valence-electron chi connectivity index (χ4n) is 4.08. The SMILES string of the molecule is N=C(N)c1ccc(C(=O)NCCCC(CC(=O)O)(c2cccnc2)N2CCNC(=O)C2=O)cc1. The highest BCUT2D eigenvalue weighted by molar-refractivity contribution is 6.35. The van der Waals surface area contributed by atoms with Crippen molar-refractivity contribution < 1.29 is 24.3 Å². The summed E-state index contributed by atoms with van der Waals surface area (Å²) in [5.41, 5.74) is 5.52. The molecule has 0 spiro atoms. The van der Waals surface area contributed by atoms with E-state index in [4.69, 9.17) is 11.1 Å². The largest absolute Gasteiger partial charge is 0.481 e. The molecular weight excluding hydrogens is 440 g/mol. The number of hydrogen-bond acceptors (Lipinski definition) is 6. The van der Waals surface area contributed by atoms with Crippen molar-refractivity contribution in [1.29, 1.82) is 5.41 Å². The molecule has 1 aliphatic heterocycles. The molecule has 1 fully saturated rings. The van der Waals surface area contributed by atoms with Crippen LogP contribution in [0.2, 0.25) is 0 Å². The van der Waals surface area contributed by atoms with Gasteiger partial charge in [-0.05, 0) is 36.6 Å². The third-order valence-corrected chi connectivity index (χ3v) is 5.73. The van der Waals surface area contributed by atoms with Crippen LogP contribution in [0.25, 0.3) is 0 Å². The first kappa shape index (κ1) is 24.4. The van der Waals surface area contributed by atoms with Gasteiger partial charge in [0.15, 0.2) is 0 Å². The summed E-state index contributed by atoms with van der Waals surface area (Å²) in [4.78, 5) is 54.5. The standard InChI is InChI=1S/C23H26N6O5/c24-19(25)15-4-6-16(7-5-15)20(32)27-10-2-8-23(13-18(30)31,17-3-1-9-26-14-17)29-12-11-28-21(33)22(29)34/h1,3-7,9,14H,2,8,10-13H2,(H3,24,25)(H,27,32)(H,28,33)(H,30,31). The molecule has 0 aliphatic carbocycles. The Morgan fingerprint density at radius 2 is 1.91 bits per heavy atom. The Balaban J connectivity index is 1.78. The number of nitrogens with two attached hydrogens (primary N) is 1. The summed E-state index contributed by atoms with van der Waals surface area (Å²) in [7, 11) is 0. The molecular formula is C23H26N6O5. The highest BCUT2D eigenvalue weighted by Crippen LogP contribution is 2.37. The Morgan fingerprint density at radius 3 is 2.53 bits per heavy atom. The monoisotopic (exact) mass is 466 g/mol. The maximum Gasteiger partial charge on any atom is 0.312 e. The number of nitrogens with one attached hydrogen (secondary N) is 3. The van der Waals surface area contributed by atoms with Gasteiger partial charge in [-0.3, -0.25) is 29.6 Å². The van der Waals surface area contributed by atoms with Gasteiger partial charge in [0.2, 0.25) is 0 Å². The van der Waals surface area contributed by atoms with Crippen molar-refractivity contribution in [3.63, 3.8) is 0 Å². The van der Waals surface area contributed by atoms with Crippen LogP contribution in [-0.2, 0) is 19.9 Å². The number of pyridine rings is 1. The second kappa shape index (κ2) is 10.6. The molecule has 2 heterocycles. The van der Waals surface area contributed by atoms with Crippen molar-refractivity contribution >= 4 is 29.5 Å². The lowest BCUT2D eigenvalue weighted by atomic mass is 9.80. The summed E-state index contributed by atoms with van der Waals surface area (Å²) in [6.45, 7) is 0.573. The molecule has 6 N–H and O–H groups in total. The van der Waals surface area contributed by atoms with Crippen LogP contribution in [0.5, 0.6) is 0 Å². The molecule has 1 unspecified atom stereocenters. The number of hydrogen-bond donors (Lipinski definition) is 5. The van der Waals surface area contributed by atoms with Gasteiger partial charge >= 0.3 is 17.8 Å². The molecule has 1 aliphatic rings. The Bertz CT molecular complexity index is 1090. The van der Waals surface area contributed by atoms with Crippen LogP contribution in [0.3, 0.4) is 0 Å². The molecule has 3 amide bonds. The number of piperazine rings is 1. The Morgan fingerprint density at radius 1 is 1.21 bits per heavy atom. The zero-order chi connectivity index (χ0) is 24.7. The molecule has 11 nitrogen and oxygen atoms in total. The highest BCUT2D eigenvalue weighted by atomic mass is 16.4. The van der Waals surface area contributed by atoms with Crippen LogP contribution in [0.4, 0.5) is 0 Å². The van der Waals surface area contributed by atoms with Crippen molar-refractivity contribution in [2.24, 2.45) is 5.73 Å². The quantitative estimate of drug-likeness (QED) is 0.144. The second-order valence-electron chi connectivity index (χ2n) is 7.91. The molecule has 0 bridgehead atoms. The number of rotatable bonds is 10. The Hall–Kier alpha value is -4.28. The summed E-state index contributed by atoms with van der Waals surface area (Å²) in [6.07, 6.45) is 3.14. The van der Waals surface area contributed by atoms with Gasteiger partial charge in [0, 0.05) is 43.2 Å². The lowest BCUT2D eigenvalue weighted by molar-refractivity contribution is -0.157. The predicted molar refractivity (Wildman–Crippen MR) is 122 cm³/mol. The van der Waals surface area contributed by atoms with Crippen LogP contribution in [0.15, 0.2) is 48.8 Å². The van der Waals surface area contributed by atoms with Crippen molar-refractivity contribution in [2.75, 3.05) is 19.6 Å². The summed E-state index contributed by atoms with van der Waals surface area (Å²) in [6, 6.07) is 9.59. The number of aliphatic carboxylic acids is 1. The van der Waals surface area contributed by atoms with Gasteiger partial charge in [-0.2, -0.15) is 0 Å². The first-order chi connectivity index (χ1) is 16.2. The van der Waals surface area contributed by atoms with E-state index in [2.05, 4.69) is 15.6 Å². The average Bonchev–Trinajstić information content (AvgIpc) is 2.83. The number of carboxylic acids is 1. The van der Waals surface area contributed by atoms with Crippen LogP contribution in [-0.4, -0.2) is 64.2 Å². The highest BCUT2D eigenvalue weighted by Gasteiger charge is 2.46. The van der Waals surface area contributed by atoms with E-state index in [1.807, 2.05) is 0 Å². The smallest absolute Gasteiger partial charge is 0.312 e. The second-order valence-corrected chi connectivity index (χ2v) is 7.91. The van der Waals surface area contributed by atoms with Crippen LogP contribution in [0, 0.1) is 5.41 Å². The van der Waals surface area contributed by atoms with Crippen LogP contribution < -0.4 is 16.4 Å². The Labute approximate surface area is 195 Å². The molecule has 1 atom stereocenters. The van der Waals surface area contributed by atoms with Gasteiger partial charge in [0.05, 0.1) is 12.0 Å². The third-order valence-electron chi connectivity index (χ3n) is 5.73. The first-order valence-electron chi connectivity index (χ1n) is 10.7. The topological polar surface area (TPSA) is 179 Å².